The molecular formula is C22H31N3O. The molecule has 1 N–H and O–H groups in total. The van der Waals surface area contributed by atoms with Gasteiger partial charge in [-0.15, -0.1) is 0 Å². The Labute approximate surface area is 157 Å². The minimum atomic E-state index is 0.00831. The van der Waals surface area contributed by atoms with E-state index in [9.17, 15) is 4.79 Å². The molecule has 2 bridgehead atoms. The summed E-state index contributed by atoms with van der Waals surface area (Å²) in [6.07, 6.45) is 9.69. The van der Waals surface area contributed by atoms with Gasteiger partial charge in [0.25, 0.3) is 0 Å². The van der Waals surface area contributed by atoms with Crippen molar-refractivity contribution < 1.29 is 4.79 Å². The number of amides is 2. The van der Waals surface area contributed by atoms with Gasteiger partial charge in [0.2, 0.25) is 0 Å². The zero-order valence-corrected chi connectivity index (χ0v) is 15.9. The second kappa shape index (κ2) is 7.81. The van der Waals surface area contributed by atoms with Gasteiger partial charge in [0, 0.05) is 17.7 Å². The van der Waals surface area contributed by atoms with Crippen LogP contribution in [0.1, 0.15) is 69.8 Å². The lowest BCUT2D eigenvalue weighted by atomic mass is 9.92. The minimum Gasteiger partial charge on any atom is -0.333 e. The molecule has 1 aliphatic heterocycles. The Morgan fingerprint density at radius 1 is 1.19 bits per heavy atom. The number of nitrogens with zero attached hydrogens (tertiary/aromatic N) is 2. The summed E-state index contributed by atoms with van der Waals surface area (Å²) in [5.74, 6) is 1.79. The predicted octanol–water partition coefficient (Wildman–Crippen LogP) is 4.92. The van der Waals surface area contributed by atoms with Gasteiger partial charge in [-0.25, -0.2) is 9.80 Å². The maximum atomic E-state index is 12.8. The van der Waals surface area contributed by atoms with Gasteiger partial charge in [0.15, 0.2) is 0 Å². The van der Waals surface area contributed by atoms with Crippen LogP contribution >= 0.6 is 0 Å². The number of hydrazone groups is 1. The van der Waals surface area contributed by atoms with Crippen molar-refractivity contribution in [3.05, 3.63) is 35.9 Å². The van der Waals surface area contributed by atoms with Crippen molar-refractivity contribution in [2.24, 2.45) is 16.9 Å². The molecule has 0 spiro atoms. The fourth-order valence-electron chi connectivity index (χ4n) is 5.09. The quantitative estimate of drug-likeness (QED) is 0.725. The van der Waals surface area contributed by atoms with Gasteiger partial charge in [0.1, 0.15) is 0 Å². The van der Waals surface area contributed by atoms with Crippen molar-refractivity contribution in [3.63, 3.8) is 0 Å². The van der Waals surface area contributed by atoms with E-state index in [-0.39, 0.29) is 11.9 Å². The number of hydrogen-bond donors (Lipinski definition) is 1. The van der Waals surface area contributed by atoms with Crippen molar-refractivity contribution in [2.75, 3.05) is 6.54 Å². The maximum Gasteiger partial charge on any atom is 0.338 e. The van der Waals surface area contributed by atoms with Crippen molar-refractivity contribution in [3.8, 4) is 0 Å². The molecule has 4 nitrogen and oxygen atoms in total. The highest BCUT2D eigenvalue weighted by molar-refractivity contribution is 5.94. The number of carbonyl (C=O) groups is 1. The first kappa shape index (κ1) is 17.6. The van der Waals surface area contributed by atoms with E-state index < -0.39 is 0 Å². The highest BCUT2D eigenvalue weighted by atomic mass is 16.2. The molecule has 1 aromatic carbocycles. The van der Waals surface area contributed by atoms with E-state index in [2.05, 4.69) is 36.5 Å². The number of benzene rings is 1. The van der Waals surface area contributed by atoms with Gasteiger partial charge in [-0.05, 0) is 49.5 Å². The van der Waals surface area contributed by atoms with Crippen LogP contribution in [0, 0.1) is 11.8 Å². The van der Waals surface area contributed by atoms with Crippen LogP contribution < -0.4 is 5.32 Å². The second-order valence-corrected chi connectivity index (χ2v) is 8.32. The van der Waals surface area contributed by atoms with Crippen LogP contribution in [0.4, 0.5) is 4.79 Å². The lowest BCUT2D eigenvalue weighted by molar-refractivity contribution is 0.194. The van der Waals surface area contributed by atoms with Crippen LogP contribution in [-0.2, 0) is 0 Å². The first-order valence-electron chi connectivity index (χ1n) is 10.4. The number of fused-ring (bicyclic) bond motifs is 2. The van der Waals surface area contributed by atoms with Crippen molar-refractivity contribution in [2.45, 2.75) is 70.3 Å². The molecule has 1 heterocycles. The average Bonchev–Trinajstić information content (AvgIpc) is 3.38. The number of unbranched alkanes of at least 4 members (excludes halogenated alkanes) is 2. The summed E-state index contributed by atoms with van der Waals surface area (Å²) < 4.78 is 0. The van der Waals surface area contributed by atoms with E-state index in [0.717, 1.165) is 18.8 Å². The molecule has 2 amide bonds. The molecule has 0 radical (unpaired) electrons. The molecule has 4 rings (SSSR count). The van der Waals surface area contributed by atoms with E-state index in [1.165, 1.54) is 49.8 Å². The number of urea groups is 1. The summed E-state index contributed by atoms with van der Waals surface area (Å²) in [5, 5.41) is 9.75. The normalized spacial score (nSPS) is 29.9. The summed E-state index contributed by atoms with van der Waals surface area (Å²) in [5.41, 5.74) is 2.45. The molecule has 1 aromatic rings. The van der Waals surface area contributed by atoms with Gasteiger partial charge in [-0.1, -0.05) is 56.5 Å². The number of nitrogens with one attached hydrogen (secondary N) is 1. The molecule has 2 aliphatic carbocycles. The lowest BCUT2D eigenvalue weighted by Gasteiger charge is -2.25. The van der Waals surface area contributed by atoms with E-state index in [4.69, 9.17) is 5.10 Å². The van der Waals surface area contributed by atoms with Crippen LogP contribution in [0.15, 0.2) is 35.4 Å². The number of rotatable bonds is 6. The molecule has 4 unspecified atom stereocenters. The Bertz CT molecular complexity index is 657. The highest BCUT2D eigenvalue weighted by Crippen LogP contribution is 2.44. The molecule has 2 saturated carbocycles. The Morgan fingerprint density at radius 2 is 2.04 bits per heavy atom. The summed E-state index contributed by atoms with van der Waals surface area (Å²) >= 11 is 0. The van der Waals surface area contributed by atoms with Crippen LogP contribution in [0.25, 0.3) is 0 Å². The molecule has 0 aromatic heterocycles. The smallest absolute Gasteiger partial charge is 0.333 e. The number of carbonyl (C=O) groups excluding carboxylic acids is 1. The van der Waals surface area contributed by atoms with E-state index in [1.54, 1.807) is 5.01 Å². The highest BCUT2D eigenvalue weighted by Gasteiger charge is 2.41. The van der Waals surface area contributed by atoms with Crippen LogP contribution in [-0.4, -0.2) is 29.3 Å². The van der Waals surface area contributed by atoms with E-state index in [1.807, 2.05) is 6.07 Å². The third-order valence-corrected chi connectivity index (χ3v) is 6.53. The van der Waals surface area contributed by atoms with Crippen LogP contribution in [0.2, 0.25) is 0 Å². The van der Waals surface area contributed by atoms with Crippen molar-refractivity contribution in [1.82, 2.24) is 10.3 Å². The van der Waals surface area contributed by atoms with Gasteiger partial charge >= 0.3 is 6.03 Å². The Balaban J connectivity index is 1.43. The summed E-state index contributed by atoms with van der Waals surface area (Å²) in [4.78, 5) is 12.8. The molecule has 0 saturated heterocycles. The standard InChI is InChI=1S/C22H31N3O/c1-2-3-5-10-20-19(17-8-6-4-7-9-17)15-25(24-20)22(26)23-21-14-16-11-12-18(21)13-16/h4,6-9,16,18-19,21H,2-3,5,10-15H2,1H3,(H,23,26). The maximum absolute atomic E-state index is 12.8. The third kappa shape index (κ3) is 3.65. The number of hydrogen-bond acceptors (Lipinski definition) is 2. The Kier molecular flexibility index (Phi) is 5.28. The summed E-state index contributed by atoms with van der Waals surface area (Å²) in [7, 11) is 0. The van der Waals surface area contributed by atoms with Gasteiger partial charge in [-0.2, -0.15) is 5.10 Å². The van der Waals surface area contributed by atoms with Crippen LogP contribution in [0.3, 0.4) is 0 Å². The Morgan fingerprint density at radius 3 is 2.73 bits per heavy atom. The van der Waals surface area contributed by atoms with Crippen molar-refractivity contribution >= 4 is 11.7 Å². The predicted molar refractivity (Wildman–Crippen MR) is 105 cm³/mol. The van der Waals surface area contributed by atoms with Gasteiger partial charge < -0.3 is 5.32 Å². The monoisotopic (exact) mass is 353 g/mol. The van der Waals surface area contributed by atoms with E-state index >= 15 is 0 Å². The van der Waals surface area contributed by atoms with E-state index in [0.29, 0.717) is 18.5 Å². The molecule has 4 heteroatoms. The summed E-state index contributed by atoms with van der Waals surface area (Å²) in [6.45, 7) is 2.90. The van der Waals surface area contributed by atoms with Crippen LogP contribution in [0.5, 0.6) is 0 Å². The minimum absolute atomic E-state index is 0.00831. The molecule has 4 atom stereocenters. The first-order valence-corrected chi connectivity index (χ1v) is 10.4. The molecule has 2 fully saturated rings. The average molecular weight is 354 g/mol. The zero-order valence-electron chi connectivity index (χ0n) is 15.9. The first-order chi connectivity index (χ1) is 12.7. The van der Waals surface area contributed by atoms with Gasteiger partial charge in [-0.3, -0.25) is 0 Å². The topological polar surface area (TPSA) is 44.7 Å². The Hall–Kier alpha value is -1.84. The largest absolute Gasteiger partial charge is 0.338 e. The van der Waals surface area contributed by atoms with Crippen molar-refractivity contribution in [1.29, 1.82) is 0 Å². The third-order valence-electron chi connectivity index (χ3n) is 6.53. The second-order valence-electron chi connectivity index (χ2n) is 8.32. The van der Waals surface area contributed by atoms with Gasteiger partial charge in [0.05, 0.1) is 6.54 Å². The summed E-state index contributed by atoms with van der Waals surface area (Å²) in [6, 6.07) is 10.9. The lowest BCUT2D eigenvalue weighted by Crippen LogP contribution is -2.44. The molecular weight excluding hydrogens is 322 g/mol. The molecule has 3 aliphatic rings. The zero-order chi connectivity index (χ0) is 17.9. The molecule has 140 valence electrons. The molecule has 26 heavy (non-hydrogen) atoms. The fourth-order valence-corrected chi connectivity index (χ4v) is 5.09. The SMILES string of the molecule is CCCCCC1=NN(C(=O)NC2CC3CCC2C3)CC1c1ccccc1. The fraction of sp³-hybridized carbons (Fsp3) is 0.636.